The smallest absolute Gasteiger partial charge is 0.273 e. The Hall–Kier alpha value is -0.980. The standard InChI is InChI=1S/C14H22N4OS/c1-11(2)16-3-5-17(6-4-16)12-7-18(8-12)14(19)13-9-20-10-15-13/h9-12H,3-8H2,1-2H3. The third-order valence-electron chi connectivity index (χ3n) is 4.40. The number of thiazole rings is 1. The van der Waals surface area contributed by atoms with E-state index >= 15 is 0 Å². The Bertz CT molecular complexity index is 448. The molecule has 2 aliphatic heterocycles. The van der Waals surface area contributed by atoms with Gasteiger partial charge in [0.25, 0.3) is 5.91 Å². The molecule has 0 unspecified atom stereocenters. The van der Waals surface area contributed by atoms with Crippen LogP contribution in [0.2, 0.25) is 0 Å². The van der Waals surface area contributed by atoms with Crippen molar-refractivity contribution in [1.29, 1.82) is 0 Å². The molecule has 0 aliphatic carbocycles. The number of carbonyl (C=O) groups excluding carboxylic acids is 1. The molecule has 0 N–H and O–H groups in total. The molecule has 2 saturated heterocycles. The van der Waals surface area contributed by atoms with E-state index in [9.17, 15) is 4.79 Å². The summed E-state index contributed by atoms with van der Waals surface area (Å²) in [6.07, 6.45) is 0. The zero-order valence-electron chi connectivity index (χ0n) is 12.2. The van der Waals surface area contributed by atoms with Gasteiger partial charge >= 0.3 is 0 Å². The van der Waals surface area contributed by atoms with E-state index in [4.69, 9.17) is 0 Å². The molecule has 6 heteroatoms. The molecule has 110 valence electrons. The maximum Gasteiger partial charge on any atom is 0.273 e. The summed E-state index contributed by atoms with van der Waals surface area (Å²) in [7, 11) is 0. The summed E-state index contributed by atoms with van der Waals surface area (Å²) < 4.78 is 0. The highest BCUT2D eigenvalue weighted by Crippen LogP contribution is 2.20. The van der Waals surface area contributed by atoms with Crippen LogP contribution in [0.25, 0.3) is 0 Å². The van der Waals surface area contributed by atoms with E-state index in [1.807, 2.05) is 10.3 Å². The minimum Gasteiger partial charge on any atom is -0.334 e. The topological polar surface area (TPSA) is 39.7 Å². The SMILES string of the molecule is CC(C)N1CCN(C2CN(C(=O)c3cscn3)C2)CC1. The van der Waals surface area contributed by atoms with E-state index in [1.54, 1.807) is 5.51 Å². The number of aromatic nitrogens is 1. The number of carbonyl (C=O) groups is 1. The van der Waals surface area contributed by atoms with Gasteiger partial charge in [-0.2, -0.15) is 0 Å². The van der Waals surface area contributed by atoms with Crippen molar-refractivity contribution in [3.63, 3.8) is 0 Å². The van der Waals surface area contributed by atoms with E-state index in [-0.39, 0.29) is 5.91 Å². The van der Waals surface area contributed by atoms with E-state index in [0.29, 0.717) is 17.8 Å². The number of amides is 1. The molecule has 0 radical (unpaired) electrons. The molecule has 2 fully saturated rings. The van der Waals surface area contributed by atoms with E-state index in [0.717, 1.165) is 39.3 Å². The maximum absolute atomic E-state index is 12.1. The first-order valence-corrected chi connectivity index (χ1v) is 8.25. The van der Waals surface area contributed by atoms with Gasteiger partial charge in [-0.1, -0.05) is 0 Å². The molecule has 5 nitrogen and oxygen atoms in total. The number of rotatable bonds is 3. The first kappa shape index (κ1) is 14.0. The number of hydrogen-bond donors (Lipinski definition) is 0. The minimum absolute atomic E-state index is 0.0864. The molecular formula is C14H22N4OS. The molecule has 0 spiro atoms. The Balaban J connectivity index is 1.46. The lowest BCUT2D eigenvalue weighted by molar-refractivity contribution is 0.00292. The third-order valence-corrected chi connectivity index (χ3v) is 4.98. The van der Waals surface area contributed by atoms with Crippen LogP contribution in [-0.4, -0.2) is 76.9 Å². The van der Waals surface area contributed by atoms with Crippen molar-refractivity contribution in [2.75, 3.05) is 39.3 Å². The molecule has 0 bridgehead atoms. The zero-order chi connectivity index (χ0) is 14.1. The van der Waals surface area contributed by atoms with Gasteiger partial charge in [0.1, 0.15) is 5.69 Å². The van der Waals surface area contributed by atoms with Crippen LogP contribution in [0.4, 0.5) is 0 Å². The van der Waals surface area contributed by atoms with Crippen LogP contribution >= 0.6 is 11.3 Å². The predicted molar refractivity (Wildman–Crippen MR) is 80.1 cm³/mol. The van der Waals surface area contributed by atoms with Crippen LogP contribution < -0.4 is 0 Å². The molecule has 20 heavy (non-hydrogen) atoms. The number of piperazine rings is 1. The molecule has 0 aromatic carbocycles. The zero-order valence-corrected chi connectivity index (χ0v) is 13.0. The van der Waals surface area contributed by atoms with Crippen molar-refractivity contribution in [2.45, 2.75) is 25.9 Å². The average Bonchev–Trinajstić information content (AvgIpc) is 2.91. The van der Waals surface area contributed by atoms with Gasteiger partial charge in [-0.3, -0.25) is 14.6 Å². The fourth-order valence-corrected chi connectivity index (χ4v) is 3.48. The molecule has 2 aliphatic rings. The molecule has 0 saturated carbocycles. The highest BCUT2D eigenvalue weighted by Gasteiger charge is 2.36. The van der Waals surface area contributed by atoms with Crippen LogP contribution in [-0.2, 0) is 0 Å². The molecular weight excluding hydrogens is 272 g/mol. The van der Waals surface area contributed by atoms with Crippen LogP contribution in [0.15, 0.2) is 10.9 Å². The second-order valence-corrected chi connectivity index (χ2v) is 6.62. The van der Waals surface area contributed by atoms with Crippen molar-refractivity contribution in [3.05, 3.63) is 16.6 Å². The summed E-state index contributed by atoms with van der Waals surface area (Å²) in [5, 5.41) is 1.83. The monoisotopic (exact) mass is 294 g/mol. The Labute approximate surface area is 124 Å². The average molecular weight is 294 g/mol. The highest BCUT2D eigenvalue weighted by atomic mass is 32.1. The van der Waals surface area contributed by atoms with Crippen LogP contribution in [0.1, 0.15) is 24.3 Å². The second kappa shape index (κ2) is 5.79. The van der Waals surface area contributed by atoms with Gasteiger partial charge in [0.15, 0.2) is 0 Å². The van der Waals surface area contributed by atoms with E-state index < -0.39 is 0 Å². The van der Waals surface area contributed by atoms with Gasteiger partial charge in [0.05, 0.1) is 5.51 Å². The van der Waals surface area contributed by atoms with Crippen molar-refractivity contribution >= 4 is 17.2 Å². The molecule has 0 atom stereocenters. The highest BCUT2D eigenvalue weighted by molar-refractivity contribution is 7.07. The van der Waals surface area contributed by atoms with Crippen molar-refractivity contribution in [3.8, 4) is 0 Å². The van der Waals surface area contributed by atoms with Gasteiger partial charge in [-0.05, 0) is 13.8 Å². The quantitative estimate of drug-likeness (QED) is 0.833. The first-order valence-electron chi connectivity index (χ1n) is 7.30. The van der Waals surface area contributed by atoms with Gasteiger partial charge in [-0.25, -0.2) is 4.98 Å². The molecule has 3 heterocycles. The maximum atomic E-state index is 12.1. The Morgan fingerprint density at radius 2 is 2.00 bits per heavy atom. The molecule has 3 rings (SSSR count). The van der Waals surface area contributed by atoms with E-state index in [2.05, 4.69) is 28.6 Å². The van der Waals surface area contributed by atoms with Crippen LogP contribution in [0, 0.1) is 0 Å². The summed E-state index contributed by atoms with van der Waals surface area (Å²) >= 11 is 1.48. The molecule has 1 aromatic rings. The van der Waals surface area contributed by atoms with Crippen molar-refractivity contribution in [2.24, 2.45) is 0 Å². The van der Waals surface area contributed by atoms with Crippen LogP contribution in [0.3, 0.4) is 0 Å². The Morgan fingerprint density at radius 1 is 1.30 bits per heavy atom. The molecule has 1 amide bonds. The van der Waals surface area contributed by atoms with Gasteiger partial charge in [0, 0.05) is 56.7 Å². The third kappa shape index (κ3) is 2.73. The minimum atomic E-state index is 0.0864. The van der Waals surface area contributed by atoms with Gasteiger partial charge in [-0.15, -0.1) is 11.3 Å². The first-order chi connectivity index (χ1) is 9.65. The van der Waals surface area contributed by atoms with Gasteiger partial charge < -0.3 is 4.90 Å². The van der Waals surface area contributed by atoms with Crippen LogP contribution in [0.5, 0.6) is 0 Å². The lowest BCUT2D eigenvalue weighted by atomic mass is 10.1. The number of nitrogens with zero attached hydrogens (tertiary/aromatic N) is 4. The summed E-state index contributed by atoms with van der Waals surface area (Å²) in [6, 6.07) is 1.19. The van der Waals surface area contributed by atoms with Gasteiger partial charge in [0.2, 0.25) is 0 Å². The summed E-state index contributed by atoms with van der Waals surface area (Å²) in [4.78, 5) is 23.2. The van der Waals surface area contributed by atoms with Crippen molar-refractivity contribution < 1.29 is 4.79 Å². The number of likely N-dealkylation sites (tertiary alicyclic amines) is 1. The van der Waals surface area contributed by atoms with Crippen molar-refractivity contribution in [1.82, 2.24) is 19.7 Å². The summed E-state index contributed by atoms with van der Waals surface area (Å²) in [5.74, 6) is 0.0864. The Kier molecular flexibility index (Phi) is 4.05. The Morgan fingerprint density at radius 3 is 2.55 bits per heavy atom. The molecule has 1 aromatic heterocycles. The predicted octanol–water partition coefficient (Wildman–Crippen LogP) is 0.993. The lowest BCUT2D eigenvalue weighted by Crippen LogP contribution is -2.64. The summed E-state index contributed by atoms with van der Waals surface area (Å²) in [5.41, 5.74) is 2.31. The summed E-state index contributed by atoms with van der Waals surface area (Å²) in [6.45, 7) is 10.8. The number of hydrogen-bond acceptors (Lipinski definition) is 5. The largest absolute Gasteiger partial charge is 0.334 e. The van der Waals surface area contributed by atoms with E-state index in [1.165, 1.54) is 11.3 Å². The normalized spacial score (nSPS) is 22.2. The lowest BCUT2D eigenvalue weighted by Gasteiger charge is -2.48. The fourth-order valence-electron chi connectivity index (χ4n) is 2.95. The second-order valence-electron chi connectivity index (χ2n) is 5.90. The fraction of sp³-hybridized carbons (Fsp3) is 0.714.